The fourth-order valence-electron chi connectivity index (χ4n) is 1.76. The van der Waals surface area contributed by atoms with Crippen LogP contribution in [0, 0.1) is 11.8 Å². The summed E-state index contributed by atoms with van der Waals surface area (Å²) in [5.74, 6) is 6.87. The van der Waals surface area contributed by atoms with E-state index in [0.717, 1.165) is 16.9 Å². The van der Waals surface area contributed by atoms with Crippen LogP contribution in [0.5, 0.6) is 5.75 Å². The van der Waals surface area contributed by atoms with Gasteiger partial charge in [-0.05, 0) is 25.1 Å². The summed E-state index contributed by atoms with van der Waals surface area (Å²) in [6, 6.07) is 17.6. The summed E-state index contributed by atoms with van der Waals surface area (Å²) >= 11 is 0. The van der Waals surface area contributed by atoms with Gasteiger partial charge in [0, 0.05) is 17.2 Å². The summed E-state index contributed by atoms with van der Waals surface area (Å²) in [6.07, 6.45) is 0. The van der Waals surface area contributed by atoms with E-state index in [-0.39, 0.29) is 6.04 Å². The molecule has 0 heterocycles. The van der Waals surface area contributed by atoms with E-state index >= 15 is 0 Å². The zero-order valence-corrected chi connectivity index (χ0v) is 11.0. The van der Waals surface area contributed by atoms with Gasteiger partial charge in [0.2, 0.25) is 0 Å². The van der Waals surface area contributed by atoms with Crippen LogP contribution in [-0.4, -0.2) is 6.61 Å². The average Bonchev–Trinajstić information content (AvgIpc) is 2.45. The second-order valence-electron chi connectivity index (χ2n) is 4.28. The second-order valence-corrected chi connectivity index (χ2v) is 4.28. The standard InChI is InChI=1S/C17H17NO/c1-14(18)16-11-5-6-12-17(16)19-13-7-10-15-8-3-2-4-9-15/h2-6,8-9,11-12,14H,13,18H2,1H3/t14-/m1/s1. The summed E-state index contributed by atoms with van der Waals surface area (Å²) in [5.41, 5.74) is 7.89. The Kier molecular flexibility index (Phi) is 4.60. The summed E-state index contributed by atoms with van der Waals surface area (Å²) in [7, 11) is 0. The lowest BCUT2D eigenvalue weighted by Gasteiger charge is -2.11. The number of benzene rings is 2. The molecule has 0 amide bonds. The molecule has 2 aromatic rings. The van der Waals surface area contributed by atoms with Crippen LogP contribution in [0.2, 0.25) is 0 Å². The molecule has 0 spiro atoms. The highest BCUT2D eigenvalue weighted by molar-refractivity contribution is 5.37. The van der Waals surface area contributed by atoms with Gasteiger partial charge in [0.1, 0.15) is 12.4 Å². The number of hydrogen-bond donors (Lipinski definition) is 1. The minimum atomic E-state index is -0.0433. The van der Waals surface area contributed by atoms with E-state index in [9.17, 15) is 0 Å². The lowest BCUT2D eigenvalue weighted by Crippen LogP contribution is -2.08. The molecule has 2 aromatic carbocycles. The van der Waals surface area contributed by atoms with Crippen LogP contribution in [0.15, 0.2) is 54.6 Å². The van der Waals surface area contributed by atoms with Crippen molar-refractivity contribution in [3.8, 4) is 17.6 Å². The third-order valence-corrected chi connectivity index (χ3v) is 2.72. The third kappa shape index (κ3) is 3.87. The van der Waals surface area contributed by atoms with Gasteiger partial charge in [0.15, 0.2) is 0 Å². The first-order chi connectivity index (χ1) is 9.27. The molecule has 0 aliphatic carbocycles. The fraction of sp³-hybridized carbons (Fsp3) is 0.176. The molecule has 0 unspecified atom stereocenters. The van der Waals surface area contributed by atoms with Gasteiger partial charge in [-0.1, -0.05) is 48.2 Å². The van der Waals surface area contributed by atoms with Crippen molar-refractivity contribution in [1.82, 2.24) is 0 Å². The Balaban J connectivity index is 1.99. The van der Waals surface area contributed by atoms with Gasteiger partial charge in [-0.15, -0.1) is 0 Å². The lowest BCUT2D eigenvalue weighted by molar-refractivity contribution is 0.364. The van der Waals surface area contributed by atoms with E-state index in [4.69, 9.17) is 10.5 Å². The molecule has 2 nitrogen and oxygen atoms in total. The highest BCUT2D eigenvalue weighted by Crippen LogP contribution is 2.22. The minimum absolute atomic E-state index is 0.0433. The van der Waals surface area contributed by atoms with Crippen molar-refractivity contribution in [2.75, 3.05) is 6.61 Å². The monoisotopic (exact) mass is 251 g/mol. The van der Waals surface area contributed by atoms with Gasteiger partial charge in [-0.2, -0.15) is 0 Å². The molecule has 0 fully saturated rings. The molecule has 1 atom stereocenters. The van der Waals surface area contributed by atoms with Crippen molar-refractivity contribution in [1.29, 1.82) is 0 Å². The van der Waals surface area contributed by atoms with E-state index in [1.807, 2.05) is 61.5 Å². The Morgan fingerprint density at radius 2 is 1.74 bits per heavy atom. The molecule has 0 saturated heterocycles. The van der Waals surface area contributed by atoms with Crippen LogP contribution in [0.4, 0.5) is 0 Å². The topological polar surface area (TPSA) is 35.2 Å². The normalized spacial score (nSPS) is 11.3. The summed E-state index contributed by atoms with van der Waals surface area (Å²) in [5, 5.41) is 0. The molecule has 0 aliphatic heterocycles. The minimum Gasteiger partial charge on any atom is -0.481 e. The number of hydrogen-bond acceptors (Lipinski definition) is 2. The molecule has 19 heavy (non-hydrogen) atoms. The zero-order valence-electron chi connectivity index (χ0n) is 11.0. The van der Waals surface area contributed by atoms with Crippen LogP contribution in [0.3, 0.4) is 0 Å². The summed E-state index contributed by atoms with van der Waals surface area (Å²) in [6.45, 7) is 2.30. The molecular weight excluding hydrogens is 234 g/mol. The smallest absolute Gasteiger partial charge is 0.149 e. The van der Waals surface area contributed by atoms with Crippen LogP contribution in [0.25, 0.3) is 0 Å². The van der Waals surface area contributed by atoms with Gasteiger partial charge in [-0.3, -0.25) is 0 Å². The highest BCUT2D eigenvalue weighted by atomic mass is 16.5. The highest BCUT2D eigenvalue weighted by Gasteiger charge is 2.05. The average molecular weight is 251 g/mol. The maximum atomic E-state index is 5.89. The van der Waals surface area contributed by atoms with E-state index in [1.54, 1.807) is 0 Å². The largest absolute Gasteiger partial charge is 0.481 e. The molecule has 0 saturated carbocycles. The van der Waals surface area contributed by atoms with Crippen molar-refractivity contribution in [2.45, 2.75) is 13.0 Å². The molecule has 2 rings (SSSR count). The van der Waals surface area contributed by atoms with E-state index in [2.05, 4.69) is 11.8 Å². The van der Waals surface area contributed by atoms with Crippen LogP contribution < -0.4 is 10.5 Å². The van der Waals surface area contributed by atoms with Gasteiger partial charge in [-0.25, -0.2) is 0 Å². The number of rotatable bonds is 3. The zero-order chi connectivity index (χ0) is 13.5. The number of para-hydroxylation sites is 1. The second kappa shape index (κ2) is 6.63. The van der Waals surface area contributed by atoms with Crippen molar-refractivity contribution in [3.05, 3.63) is 65.7 Å². The van der Waals surface area contributed by atoms with Gasteiger partial charge in [0.05, 0.1) is 0 Å². The molecule has 96 valence electrons. The van der Waals surface area contributed by atoms with Crippen molar-refractivity contribution >= 4 is 0 Å². The Bertz CT molecular complexity index is 579. The first-order valence-corrected chi connectivity index (χ1v) is 6.28. The molecule has 2 N–H and O–H groups in total. The number of nitrogens with two attached hydrogens (primary N) is 1. The van der Waals surface area contributed by atoms with Crippen LogP contribution in [-0.2, 0) is 0 Å². The van der Waals surface area contributed by atoms with Gasteiger partial charge in [0.25, 0.3) is 0 Å². The first kappa shape index (κ1) is 13.2. The molecule has 0 aliphatic rings. The Hall–Kier alpha value is -2.24. The maximum absolute atomic E-state index is 5.89. The predicted octanol–water partition coefficient (Wildman–Crippen LogP) is 3.14. The quantitative estimate of drug-likeness (QED) is 0.851. The van der Waals surface area contributed by atoms with Crippen LogP contribution in [0.1, 0.15) is 24.1 Å². The van der Waals surface area contributed by atoms with E-state index in [1.165, 1.54) is 0 Å². The predicted molar refractivity (Wildman–Crippen MR) is 77.9 cm³/mol. The van der Waals surface area contributed by atoms with Gasteiger partial charge >= 0.3 is 0 Å². The molecule has 0 radical (unpaired) electrons. The van der Waals surface area contributed by atoms with Gasteiger partial charge < -0.3 is 10.5 Å². The van der Waals surface area contributed by atoms with E-state index in [0.29, 0.717) is 6.61 Å². The van der Waals surface area contributed by atoms with Crippen molar-refractivity contribution in [2.24, 2.45) is 5.73 Å². The Labute approximate surface area is 114 Å². The van der Waals surface area contributed by atoms with Crippen LogP contribution >= 0.6 is 0 Å². The third-order valence-electron chi connectivity index (χ3n) is 2.72. The fourth-order valence-corrected chi connectivity index (χ4v) is 1.76. The Morgan fingerprint density at radius 3 is 2.47 bits per heavy atom. The number of ether oxygens (including phenoxy) is 1. The Morgan fingerprint density at radius 1 is 1.05 bits per heavy atom. The summed E-state index contributed by atoms with van der Waals surface area (Å²) < 4.78 is 5.67. The summed E-state index contributed by atoms with van der Waals surface area (Å²) in [4.78, 5) is 0. The van der Waals surface area contributed by atoms with E-state index < -0.39 is 0 Å². The maximum Gasteiger partial charge on any atom is 0.149 e. The lowest BCUT2D eigenvalue weighted by atomic mass is 10.1. The molecular formula is C17H17NO. The molecule has 0 aromatic heterocycles. The molecule has 2 heteroatoms. The SMILES string of the molecule is C[C@@H](N)c1ccccc1OCC#Cc1ccccc1. The van der Waals surface area contributed by atoms with Crippen molar-refractivity contribution < 1.29 is 4.74 Å². The van der Waals surface area contributed by atoms with Crippen molar-refractivity contribution in [3.63, 3.8) is 0 Å². The molecule has 0 bridgehead atoms. The first-order valence-electron chi connectivity index (χ1n) is 6.28.